The van der Waals surface area contributed by atoms with Crippen LogP contribution in [-0.2, 0) is 10.8 Å². The van der Waals surface area contributed by atoms with Crippen molar-refractivity contribution in [2.75, 3.05) is 10.0 Å². The molecule has 0 aromatic carbocycles. The number of rotatable bonds is 4. The van der Waals surface area contributed by atoms with E-state index in [1.54, 1.807) is 0 Å². The number of hydrogen-bond donors (Lipinski definition) is 0. The van der Waals surface area contributed by atoms with Gasteiger partial charge in [0.25, 0.3) is 0 Å². The van der Waals surface area contributed by atoms with E-state index < -0.39 is 29.2 Å². The maximum absolute atomic E-state index is 10.9. The van der Waals surface area contributed by atoms with Gasteiger partial charge in [-0.2, -0.15) is 0 Å². The fraction of sp³-hybridized carbons (Fsp3) is 1.00. The van der Waals surface area contributed by atoms with Gasteiger partial charge in [-0.1, -0.05) is 0 Å². The second-order valence-corrected chi connectivity index (χ2v) is 21.5. The van der Waals surface area contributed by atoms with E-state index >= 15 is 0 Å². The van der Waals surface area contributed by atoms with E-state index in [1.165, 1.54) is 8.87 Å². The van der Waals surface area contributed by atoms with Crippen molar-refractivity contribution < 1.29 is 4.21 Å². The van der Waals surface area contributed by atoms with E-state index in [-0.39, 0.29) is 0 Å². The van der Waals surface area contributed by atoms with Gasteiger partial charge in [0.15, 0.2) is 0 Å². The molecule has 0 aromatic heterocycles. The van der Waals surface area contributed by atoms with Gasteiger partial charge in [-0.15, -0.1) is 0 Å². The molecule has 0 rings (SSSR count). The molecule has 0 amide bonds. The molecule has 0 spiro atoms. The van der Waals surface area contributed by atoms with Crippen molar-refractivity contribution in [3.05, 3.63) is 0 Å². The van der Waals surface area contributed by atoms with Crippen LogP contribution >= 0.6 is 0 Å². The monoisotopic (exact) mass is 270 g/mol. The summed E-state index contributed by atoms with van der Waals surface area (Å²) in [6.45, 7) is 4.51. The summed E-state index contributed by atoms with van der Waals surface area (Å²) in [6.07, 6.45) is 1.83. The van der Waals surface area contributed by atoms with Crippen LogP contribution in [0.1, 0.15) is 13.8 Å². The van der Waals surface area contributed by atoms with Crippen molar-refractivity contribution in [1.29, 1.82) is 0 Å². The third-order valence-corrected chi connectivity index (χ3v) is 22.6. The average Bonchev–Trinajstić information content (AvgIpc) is 1.87. The quantitative estimate of drug-likeness (QED) is 0.713. The molecule has 1 unspecified atom stereocenters. The van der Waals surface area contributed by atoms with Crippen molar-refractivity contribution >= 4 is 29.2 Å². The molecule has 62 valence electrons. The molecule has 1 atom stereocenters. The van der Waals surface area contributed by atoms with E-state index in [0.717, 1.165) is 3.77 Å². The van der Waals surface area contributed by atoms with E-state index in [9.17, 15) is 4.21 Å². The van der Waals surface area contributed by atoms with Gasteiger partial charge in [0.2, 0.25) is 0 Å². The molecular formula is C7H18OSSn. The molecule has 0 N–H and O–H groups in total. The van der Waals surface area contributed by atoms with Crippen LogP contribution < -0.4 is 0 Å². The minimum atomic E-state index is -1.76. The van der Waals surface area contributed by atoms with Gasteiger partial charge in [0.05, 0.1) is 0 Å². The van der Waals surface area contributed by atoms with E-state index in [0.29, 0.717) is 0 Å². The summed E-state index contributed by atoms with van der Waals surface area (Å²) in [5.74, 6) is 0. The first-order valence-electron chi connectivity index (χ1n) is 3.84. The number of hydrogen-bond acceptors (Lipinski definition) is 1. The molecule has 0 fully saturated rings. The molecule has 0 aliphatic rings. The van der Waals surface area contributed by atoms with Crippen LogP contribution in [0.3, 0.4) is 0 Å². The molecule has 3 heteroatoms. The average molecular weight is 269 g/mol. The summed E-state index contributed by atoms with van der Waals surface area (Å²) in [5, 5.41) is 0. The Kier molecular flexibility index (Phi) is 5.20. The predicted molar refractivity (Wildman–Crippen MR) is 51.5 cm³/mol. The zero-order chi connectivity index (χ0) is 8.20. The zero-order valence-corrected chi connectivity index (χ0v) is 11.1. The van der Waals surface area contributed by atoms with E-state index in [4.69, 9.17) is 0 Å². The van der Waals surface area contributed by atoms with Crippen LogP contribution in [0.5, 0.6) is 0 Å². The standard InChI is InChI=1S/C2H5OS.2C2H5.CH3.Sn/c1-4(2)3;2*1-2;;/h1H2,2H3;2*1H2,2H3;1H3;. The summed E-state index contributed by atoms with van der Waals surface area (Å²) in [4.78, 5) is 2.41. The van der Waals surface area contributed by atoms with E-state index in [1.807, 2.05) is 6.26 Å². The first kappa shape index (κ1) is 10.9. The van der Waals surface area contributed by atoms with Crippen molar-refractivity contribution in [3.63, 3.8) is 0 Å². The van der Waals surface area contributed by atoms with Crippen molar-refractivity contribution in [3.8, 4) is 0 Å². The molecule has 0 saturated carbocycles. The minimum absolute atomic E-state index is 0.541. The fourth-order valence-corrected chi connectivity index (χ4v) is 15.7. The molecular weight excluding hydrogens is 251 g/mol. The summed E-state index contributed by atoms with van der Waals surface area (Å²) in [7, 11) is -0.541. The Labute approximate surface area is 70.9 Å². The molecule has 0 aromatic rings. The van der Waals surface area contributed by atoms with Gasteiger partial charge in [0.1, 0.15) is 0 Å². The van der Waals surface area contributed by atoms with Crippen LogP contribution in [0.25, 0.3) is 0 Å². The molecule has 1 nitrogen and oxygen atoms in total. The van der Waals surface area contributed by atoms with Crippen LogP contribution in [0.4, 0.5) is 0 Å². The molecule has 0 aliphatic heterocycles. The van der Waals surface area contributed by atoms with Crippen LogP contribution in [0, 0.1) is 0 Å². The van der Waals surface area contributed by atoms with Crippen molar-refractivity contribution in [2.45, 2.75) is 27.7 Å². The van der Waals surface area contributed by atoms with Gasteiger partial charge in [0, 0.05) is 0 Å². The molecule has 0 saturated heterocycles. The Hall–Kier alpha value is 0.949. The summed E-state index contributed by atoms with van der Waals surface area (Å²) < 4.78 is 14.7. The molecule has 0 heterocycles. The normalized spacial score (nSPS) is 15.2. The van der Waals surface area contributed by atoms with Gasteiger partial charge in [-0.05, 0) is 0 Å². The summed E-state index contributed by atoms with van der Waals surface area (Å²) in [6, 6.07) is 0. The van der Waals surface area contributed by atoms with Gasteiger partial charge in [-0.3, -0.25) is 0 Å². The van der Waals surface area contributed by atoms with Crippen molar-refractivity contribution in [2.24, 2.45) is 0 Å². The fourth-order valence-electron chi connectivity index (χ4n) is 0.945. The third kappa shape index (κ3) is 3.96. The summed E-state index contributed by atoms with van der Waals surface area (Å²) >= 11 is -1.76. The second kappa shape index (κ2) is 4.75. The second-order valence-electron chi connectivity index (χ2n) is 3.24. The summed E-state index contributed by atoms with van der Waals surface area (Å²) in [5.41, 5.74) is 0. The predicted octanol–water partition coefficient (Wildman–Crippen LogP) is 2.02. The van der Waals surface area contributed by atoms with Gasteiger partial charge in [-0.25, -0.2) is 0 Å². The van der Waals surface area contributed by atoms with Crippen LogP contribution in [0.2, 0.25) is 13.8 Å². The Morgan fingerprint density at radius 3 is 1.80 bits per heavy atom. The Morgan fingerprint density at radius 1 is 1.30 bits per heavy atom. The van der Waals surface area contributed by atoms with Crippen LogP contribution in [-0.4, -0.2) is 32.6 Å². The SMILES string of the molecule is C[CH2][Sn]([CH3])([CH2]C)[CH2]S(C)=O. The molecule has 0 radical (unpaired) electrons. The van der Waals surface area contributed by atoms with Crippen LogP contribution in [0.15, 0.2) is 0 Å². The Bertz CT molecular complexity index is 121. The maximum atomic E-state index is 10.9. The zero-order valence-electron chi connectivity index (χ0n) is 7.44. The third-order valence-electron chi connectivity index (χ3n) is 2.26. The topological polar surface area (TPSA) is 17.1 Å². The van der Waals surface area contributed by atoms with E-state index in [2.05, 4.69) is 18.8 Å². The Balaban J connectivity index is 3.92. The molecule has 0 bridgehead atoms. The Morgan fingerprint density at radius 2 is 1.70 bits per heavy atom. The molecule has 10 heavy (non-hydrogen) atoms. The van der Waals surface area contributed by atoms with Crippen molar-refractivity contribution in [1.82, 2.24) is 0 Å². The van der Waals surface area contributed by atoms with Gasteiger partial charge >= 0.3 is 71.1 Å². The first-order chi connectivity index (χ1) is 4.54. The first-order valence-corrected chi connectivity index (χ1v) is 14.5. The molecule has 0 aliphatic carbocycles. The van der Waals surface area contributed by atoms with Gasteiger partial charge < -0.3 is 0 Å².